The molecule has 0 spiro atoms. The second-order valence-corrected chi connectivity index (χ2v) is 7.37. The van der Waals surface area contributed by atoms with E-state index < -0.39 is 0 Å². The highest BCUT2D eigenvalue weighted by atomic mass is 35.5. The molecule has 1 aliphatic carbocycles. The molecule has 2 aliphatic rings. The van der Waals surface area contributed by atoms with E-state index in [1.807, 2.05) is 23.9 Å². The smallest absolute Gasteiger partial charge is 0.220 e. The largest absolute Gasteiger partial charge is 0.349 e. The molecular formula is C16H20ClNOS. The fourth-order valence-corrected chi connectivity index (χ4v) is 4.53. The summed E-state index contributed by atoms with van der Waals surface area (Å²) in [5.74, 6) is 1.87. The Hall–Kier alpha value is -0.670. The fraction of sp³-hybridized carbons (Fsp3) is 0.562. The Bertz CT molecular complexity index is 499. The molecule has 2 nitrogen and oxygen atoms in total. The molecule has 1 fully saturated rings. The van der Waals surface area contributed by atoms with Crippen molar-refractivity contribution in [3.8, 4) is 0 Å². The first-order valence-corrected chi connectivity index (χ1v) is 8.80. The number of rotatable bonds is 3. The Balaban J connectivity index is 1.66. The van der Waals surface area contributed by atoms with Crippen LogP contribution in [0, 0.1) is 5.92 Å². The predicted octanol–water partition coefficient (Wildman–Crippen LogP) is 4.57. The first-order chi connectivity index (χ1) is 9.72. The summed E-state index contributed by atoms with van der Waals surface area (Å²) >= 11 is 7.95. The third-order valence-electron chi connectivity index (χ3n) is 4.30. The van der Waals surface area contributed by atoms with Crippen LogP contribution in [0.5, 0.6) is 0 Å². The van der Waals surface area contributed by atoms with Crippen molar-refractivity contribution in [2.24, 2.45) is 5.92 Å². The lowest BCUT2D eigenvalue weighted by Crippen LogP contribution is -2.31. The summed E-state index contributed by atoms with van der Waals surface area (Å²) in [6.45, 7) is 0. The van der Waals surface area contributed by atoms with E-state index in [1.54, 1.807) is 0 Å². The van der Waals surface area contributed by atoms with Gasteiger partial charge in [0.25, 0.3) is 0 Å². The lowest BCUT2D eigenvalue weighted by atomic mass is 10.0. The van der Waals surface area contributed by atoms with Gasteiger partial charge in [-0.25, -0.2) is 0 Å². The molecular weight excluding hydrogens is 290 g/mol. The molecule has 1 N–H and O–H groups in total. The number of carbonyl (C=O) groups excluding carboxylic acids is 1. The zero-order valence-electron chi connectivity index (χ0n) is 11.5. The molecule has 1 heterocycles. The molecule has 1 aromatic carbocycles. The zero-order valence-corrected chi connectivity index (χ0v) is 13.1. The highest BCUT2D eigenvalue weighted by Gasteiger charge is 2.24. The van der Waals surface area contributed by atoms with Crippen molar-refractivity contribution >= 4 is 29.3 Å². The minimum absolute atomic E-state index is 0.138. The Kier molecular flexibility index (Phi) is 4.57. The van der Waals surface area contributed by atoms with Crippen molar-refractivity contribution in [3.63, 3.8) is 0 Å². The highest BCUT2D eigenvalue weighted by molar-refractivity contribution is 7.99. The lowest BCUT2D eigenvalue weighted by Gasteiger charge is -2.26. The first-order valence-electron chi connectivity index (χ1n) is 7.44. The molecule has 1 saturated carbocycles. The normalized spacial score (nSPS) is 22.6. The van der Waals surface area contributed by atoms with Gasteiger partial charge in [-0.15, -0.1) is 11.8 Å². The summed E-state index contributed by atoms with van der Waals surface area (Å²) in [7, 11) is 0. The molecule has 108 valence electrons. The van der Waals surface area contributed by atoms with E-state index in [-0.39, 0.29) is 11.9 Å². The number of carbonyl (C=O) groups is 1. The van der Waals surface area contributed by atoms with Gasteiger partial charge >= 0.3 is 0 Å². The Morgan fingerprint density at radius 3 is 2.90 bits per heavy atom. The lowest BCUT2D eigenvalue weighted by molar-refractivity contribution is -0.122. The van der Waals surface area contributed by atoms with E-state index in [0.29, 0.717) is 12.3 Å². The number of nitrogens with one attached hydrogen (secondary N) is 1. The van der Waals surface area contributed by atoms with Crippen molar-refractivity contribution in [2.75, 3.05) is 5.75 Å². The first kappa shape index (κ1) is 14.3. The molecule has 3 rings (SSSR count). The molecule has 1 aromatic rings. The maximum absolute atomic E-state index is 12.2. The van der Waals surface area contributed by atoms with E-state index in [4.69, 9.17) is 11.6 Å². The predicted molar refractivity (Wildman–Crippen MR) is 84.3 cm³/mol. The van der Waals surface area contributed by atoms with Crippen LogP contribution in [0.3, 0.4) is 0 Å². The van der Waals surface area contributed by atoms with Gasteiger partial charge in [-0.1, -0.05) is 24.4 Å². The Morgan fingerprint density at radius 2 is 2.10 bits per heavy atom. The molecule has 0 aromatic heterocycles. The van der Waals surface area contributed by atoms with Crippen molar-refractivity contribution in [1.29, 1.82) is 0 Å². The van der Waals surface area contributed by atoms with Crippen LogP contribution in [0.15, 0.2) is 23.1 Å². The van der Waals surface area contributed by atoms with Crippen LogP contribution in [0.1, 0.15) is 50.1 Å². The maximum atomic E-state index is 12.2. The third kappa shape index (κ3) is 3.32. The molecule has 4 heteroatoms. The second-order valence-electron chi connectivity index (χ2n) is 5.79. The van der Waals surface area contributed by atoms with E-state index >= 15 is 0 Å². The summed E-state index contributed by atoms with van der Waals surface area (Å²) < 4.78 is 0. The van der Waals surface area contributed by atoms with E-state index in [1.165, 1.54) is 36.1 Å². The van der Waals surface area contributed by atoms with Gasteiger partial charge in [-0.2, -0.15) is 0 Å². The number of hydrogen-bond donors (Lipinski definition) is 1. The third-order valence-corrected chi connectivity index (χ3v) is 5.65. The SMILES string of the molecule is O=C(CC1CCCC1)NC1CCSc2ccc(Cl)cc21. The average molecular weight is 310 g/mol. The molecule has 1 unspecified atom stereocenters. The zero-order chi connectivity index (χ0) is 13.9. The van der Waals surface area contributed by atoms with Crippen LogP contribution in [0.2, 0.25) is 5.02 Å². The van der Waals surface area contributed by atoms with E-state index in [2.05, 4.69) is 11.4 Å². The van der Waals surface area contributed by atoms with Crippen LogP contribution in [-0.2, 0) is 4.79 Å². The molecule has 0 radical (unpaired) electrons. The standard InChI is InChI=1S/C16H20ClNOS/c17-12-5-6-15-13(10-12)14(7-8-20-15)18-16(19)9-11-3-1-2-4-11/h5-6,10-11,14H,1-4,7-9H2,(H,18,19). The number of halogens is 1. The van der Waals surface area contributed by atoms with E-state index in [9.17, 15) is 4.79 Å². The van der Waals surface area contributed by atoms with Gasteiger partial charge in [0.1, 0.15) is 0 Å². The van der Waals surface area contributed by atoms with Crippen LogP contribution >= 0.6 is 23.4 Å². The second kappa shape index (κ2) is 6.40. The number of thioether (sulfide) groups is 1. The minimum atomic E-state index is 0.138. The topological polar surface area (TPSA) is 29.1 Å². The van der Waals surface area contributed by atoms with Gasteiger partial charge in [0, 0.05) is 22.1 Å². The maximum Gasteiger partial charge on any atom is 0.220 e. The van der Waals surface area contributed by atoms with Crippen LogP contribution < -0.4 is 5.32 Å². The van der Waals surface area contributed by atoms with Crippen LogP contribution in [0.4, 0.5) is 0 Å². The number of hydrogen-bond acceptors (Lipinski definition) is 2. The minimum Gasteiger partial charge on any atom is -0.349 e. The number of amides is 1. The van der Waals surface area contributed by atoms with Crippen molar-refractivity contribution in [1.82, 2.24) is 5.32 Å². The molecule has 1 aliphatic heterocycles. The van der Waals surface area contributed by atoms with Gasteiger partial charge in [0.05, 0.1) is 6.04 Å². The Morgan fingerprint density at radius 1 is 1.30 bits per heavy atom. The number of fused-ring (bicyclic) bond motifs is 1. The van der Waals surface area contributed by atoms with Gasteiger partial charge < -0.3 is 5.32 Å². The summed E-state index contributed by atoms with van der Waals surface area (Å²) in [4.78, 5) is 13.5. The molecule has 0 bridgehead atoms. The van der Waals surface area contributed by atoms with E-state index in [0.717, 1.165) is 17.2 Å². The van der Waals surface area contributed by atoms with Gasteiger partial charge in [0.15, 0.2) is 0 Å². The molecule has 20 heavy (non-hydrogen) atoms. The van der Waals surface area contributed by atoms with Gasteiger partial charge in [-0.05, 0) is 48.9 Å². The van der Waals surface area contributed by atoms with Crippen molar-refractivity contribution in [2.45, 2.75) is 49.5 Å². The number of benzene rings is 1. The fourth-order valence-electron chi connectivity index (χ4n) is 3.25. The van der Waals surface area contributed by atoms with Gasteiger partial charge in [-0.3, -0.25) is 4.79 Å². The summed E-state index contributed by atoms with van der Waals surface area (Å²) in [6, 6.07) is 6.14. The average Bonchev–Trinajstić information content (AvgIpc) is 2.92. The van der Waals surface area contributed by atoms with Gasteiger partial charge in [0.2, 0.25) is 5.91 Å². The van der Waals surface area contributed by atoms with Crippen molar-refractivity contribution < 1.29 is 4.79 Å². The molecule has 1 amide bonds. The summed E-state index contributed by atoms with van der Waals surface area (Å²) in [5, 5.41) is 3.97. The molecule has 0 saturated heterocycles. The quantitative estimate of drug-likeness (QED) is 0.886. The highest BCUT2D eigenvalue weighted by Crippen LogP contribution is 2.37. The Labute approximate surface area is 129 Å². The molecule has 1 atom stereocenters. The summed E-state index contributed by atoms with van der Waals surface area (Å²) in [6.07, 6.45) is 6.70. The monoisotopic (exact) mass is 309 g/mol. The summed E-state index contributed by atoms with van der Waals surface area (Å²) in [5.41, 5.74) is 1.19. The van der Waals surface area contributed by atoms with Crippen LogP contribution in [0.25, 0.3) is 0 Å². The van der Waals surface area contributed by atoms with Crippen molar-refractivity contribution in [3.05, 3.63) is 28.8 Å². The van der Waals surface area contributed by atoms with Crippen LogP contribution in [-0.4, -0.2) is 11.7 Å².